The third-order valence-corrected chi connectivity index (χ3v) is 3.58. The van der Waals surface area contributed by atoms with Crippen LogP contribution in [0.4, 0.5) is 4.39 Å². The van der Waals surface area contributed by atoms with E-state index in [0.717, 1.165) is 37.7 Å². The fourth-order valence-corrected chi connectivity index (χ4v) is 2.73. The maximum absolute atomic E-state index is 13.6. The number of rotatable bonds is 0. The Morgan fingerprint density at radius 2 is 2.08 bits per heavy atom. The van der Waals surface area contributed by atoms with E-state index in [9.17, 15) is 9.50 Å². The number of fused-ring (bicyclic) bond motifs is 1. The highest BCUT2D eigenvalue weighted by atomic mass is 19.1. The quantitative estimate of drug-likeness (QED) is 0.613. The van der Waals surface area contributed by atoms with Crippen LogP contribution < -0.4 is 0 Å². The Balaban J connectivity index is 2.14. The molecule has 0 saturated heterocycles. The van der Waals surface area contributed by atoms with Crippen molar-refractivity contribution in [3.05, 3.63) is 11.4 Å². The number of hydrogen-bond acceptors (Lipinski definition) is 1. The highest BCUT2D eigenvalue weighted by Crippen LogP contribution is 2.43. The lowest BCUT2D eigenvalue weighted by atomic mass is 9.71. The van der Waals surface area contributed by atoms with E-state index >= 15 is 0 Å². The molecule has 3 atom stereocenters. The van der Waals surface area contributed by atoms with Crippen molar-refractivity contribution in [1.29, 1.82) is 0 Å². The van der Waals surface area contributed by atoms with Crippen LogP contribution >= 0.6 is 0 Å². The Bertz CT molecular complexity index is 234. The van der Waals surface area contributed by atoms with Gasteiger partial charge in [0.15, 0.2) is 0 Å². The molecule has 0 bridgehead atoms. The maximum Gasteiger partial charge on any atom is 0.102 e. The summed E-state index contributed by atoms with van der Waals surface area (Å²) in [7, 11) is 0. The number of allylic oxidation sites excluding steroid dienone is 2. The summed E-state index contributed by atoms with van der Waals surface area (Å²) in [5.74, 6) is 0.674. The van der Waals surface area contributed by atoms with Crippen LogP contribution in [0.15, 0.2) is 11.4 Å². The zero-order chi connectivity index (χ0) is 9.42. The minimum absolute atomic E-state index is 0.128. The van der Waals surface area contributed by atoms with E-state index in [1.54, 1.807) is 0 Å². The van der Waals surface area contributed by atoms with Gasteiger partial charge in [-0.1, -0.05) is 0 Å². The van der Waals surface area contributed by atoms with Gasteiger partial charge in [0.25, 0.3) is 0 Å². The van der Waals surface area contributed by atoms with Gasteiger partial charge in [-0.05, 0) is 50.5 Å². The van der Waals surface area contributed by atoms with Crippen LogP contribution in [0.2, 0.25) is 0 Å². The monoisotopic (exact) mass is 184 g/mol. The molecule has 1 fully saturated rings. The topological polar surface area (TPSA) is 20.2 Å². The second kappa shape index (κ2) is 3.41. The molecule has 0 spiro atoms. The smallest absolute Gasteiger partial charge is 0.102 e. The average Bonchev–Trinajstić information content (AvgIpc) is 2.12. The van der Waals surface area contributed by atoms with Crippen LogP contribution in [0.3, 0.4) is 0 Å². The lowest BCUT2D eigenvalue weighted by molar-refractivity contribution is 0.0641. The van der Waals surface area contributed by atoms with E-state index < -0.39 is 0 Å². The van der Waals surface area contributed by atoms with Crippen LogP contribution in [0, 0.1) is 11.8 Å². The lowest BCUT2D eigenvalue weighted by Crippen LogP contribution is -2.30. The number of aliphatic hydroxyl groups is 1. The van der Waals surface area contributed by atoms with Crippen molar-refractivity contribution in [1.82, 2.24) is 0 Å². The molecule has 2 aliphatic carbocycles. The van der Waals surface area contributed by atoms with Crippen molar-refractivity contribution in [2.75, 3.05) is 0 Å². The summed E-state index contributed by atoms with van der Waals surface area (Å²) >= 11 is 0. The number of aliphatic hydroxyl groups excluding tert-OH is 1. The largest absolute Gasteiger partial charge is 0.393 e. The van der Waals surface area contributed by atoms with Crippen LogP contribution in [-0.4, -0.2) is 11.2 Å². The van der Waals surface area contributed by atoms with Crippen molar-refractivity contribution in [2.45, 2.75) is 45.1 Å². The number of halogens is 1. The summed E-state index contributed by atoms with van der Waals surface area (Å²) in [5.41, 5.74) is 0.942. The van der Waals surface area contributed by atoms with Gasteiger partial charge in [0.05, 0.1) is 6.10 Å². The lowest BCUT2D eigenvalue weighted by Gasteiger charge is -2.37. The molecule has 13 heavy (non-hydrogen) atoms. The molecule has 2 aliphatic rings. The molecule has 0 aromatic carbocycles. The molecule has 1 nitrogen and oxygen atoms in total. The second-order valence-corrected chi connectivity index (χ2v) is 4.50. The molecule has 0 aliphatic heterocycles. The molecule has 0 aromatic rings. The zero-order valence-corrected chi connectivity index (χ0v) is 8.09. The standard InChI is InChI=1S/C11H17FO/c1-7-2-3-8-6-9(13)4-5-10(8)11(7)12/h8-10,13H,2-6H2,1H3. The van der Waals surface area contributed by atoms with Crippen molar-refractivity contribution in [2.24, 2.45) is 11.8 Å². The zero-order valence-electron chi connectivity index (χ0n) is 8.09. The van der Waals surface area contributed by atoms with Gasteiger partial charge < -0.3 is 5.11 Å². The molecule has 1 saturated carbocycles. The fraction of sp³-hybridized carbons (Fsp3) is 0.818. The summed E-state index contributed by atoms with van der Waals surface area (Å²) in [6, 6.07) is 0. The van der Waals surface area contributed by atoms with Gasteiger partial charge in [-0.25, -0.2) is 4.39 Å². The Morgan fingerprint density at radius 1 is 1.31 bits per heavy atom. The SMILES string of the molecule is CC1=C(F)C2CCC(O)CC2CC1. The van der Waals surface area contributed by atoms with E-state index in [1.165, 1.54) is 0 Å². The second-order valence-electron chi connectivity index (χ2n) is 4.50. The predicted octanol–water partition coefficient (Wildman–Crippen LogP) is 2.80. The maximum atomic E-state index is 13.6. The Labute approximate surface area is 78.6 Å². The van der Waals surface area contributed by atoms with Crippen LogP contribution in [0.1, 0.15) is 39.0 Å². The molecule has 0 heterocycles. The number of hydrogen-bond donors (Lipinski definition) is 1. The first-order chi connectivity index (χ1) is 6.18. The molecular weight excluding hydrogens is 167 g/mol. The van der Waals surface area contributed by atoms with Crippen LogP contribution in [-0.2, 0) is 0 Å². The summed E-state index contributed by atoms with van der Waals surface area (Å²) in [6.07, 6.45) is 4.22. The minimum atomic E-state index is -0.174. The molecule has 2 heteroatoms. The van der Waals surface area contributed by atoms with Crippen LogP contribution in [0.25, 0.3) is 0 Å². The van der Waals surface area contributed by atoms with E-state index in [0.29, 0.717) is 5.92 Å². The molecule has 0 amide bonds. The highest BCUT2D eigenvalue weighted by Gasteiger charge is 2.35. The third kappa shape index (κ3) is 1.64. The van der Waals surface area contributed by atoms with E-state index in [-0.39, 0.29) is 17.8 Å². The Hall–Kier alpha value is -0.370. The van der Waals surface area contributed by atoms with Crippen LogP contribution in [0.5, 0.6) is 0 Å². The normalized spacial score (nSPS) is 40.4. The third-order valence-electron chi connectivity index (χ3n) is 3.58. The van der Waals surface area contributed by atoms with Gasteiger partial charge in [0.1, 0.15) is 5.83 Å². The molecule has 1 N–H and O–H groups in total. The van der Waals surface area contributed by atoms with Crippen molar-refractivity contribution in [3.63, 3.8) is 0 Å². The van der Waals surface area contributed by atoms with E-state index in [2.05, 4.69) is 0 Å². The van der Waals surface area contributed by atoms with Crippen molar-refractivity contribution in [3.8, 4) is 0 Å². The summed E-state index contributed by atoms with van der Waals surface area (Å²) in [6.45, 7) is 1.90. The van der Waals surface area contributed by atoms with Gasteiger partial charge in [0.2, 0.25) is 0 Å². The first-order valence-electron chi connectivity index (χ1n) is 5.21. The van der Waals surface area contributed by atoms with Crippen molar-refractivity contribution < 1.29 is 9.50 Å². The van der Waals surface area contributed by atoms with Gasteiger partial charge in [-0.3, -0.25) is 0 Å². The molecular formula is C11H17FO. The average molecular weight is 184 g/mol. The van der Waals surface area contributed by atoms with Gasteiger partial charge >= 0.3 is 0 Å². The minimum Gasteiger partial charge on any atom is -0.393 e. The first-order valence-corrected chi connectivity index (χ1v) is 5.21. The molecule has 0 radical (unpaired) electrons. The van der Waals surface area contributed by atoms with Gasteiger partial charge in [0, 0.05) is 5.92 Å². The van der Waals surface area contributed by atoms with Gasteiger partial charge in [-0.15, -0.1) is 0 Å². The summed E-state index contributed by atoms with van der Waals surface area (Å²) in [4.78, 5) is 0. The molecule has 74 valence electrons. The first kappa shape index (κ1) is 9.20. The van der Waals surface area contributed by atoms with Gasteiger partial charge in [-0.2, -0.15) is 0 Å². The molecule has 3 unspecified atom stereocenters. The summed E-state index contributed by atoms with van der Waals surface area (Å²) in [5, 5.41) is 9.46. The highest BCUT2D eigenvalue weighted by molar-refractivity contribution is 5.14. The predicted molar refractivity (Wildman–Crippen MR) is 49.9 cm³/mol. The Kier molecular flexibility index (Phi) is 2.41. The Morgan fingerprint density at radius 3 is 2.85 bits per heavy atom. The van der Waals surface area contributed by atoms with E-state index in [4.69, 9.17) is 0 Å². The molecule has 2 rings (SSSR count). The van der Waals surface area contributed by atoms with Crippen molar-refractivity contribution >= 4 is 0 Å². The summed E-state index contributed by atoms with van der Waals surface area (Å²) < 4.78 is 13.6. The molecule has 0 aromatic heterocycles. The fourth-order valence-electron chi connectivity index (χ4n) is 2.73. The van der Waals surface area contributed by atoms with E-state index in [1.807, 2.05) is 6.92 Å².